The van der Waals surface area contributed by atoms with Gasteiger partial charge in [0.2, 0.25) is 5.69 Å². The number of para-hydroxylation sites is 3. The second kappa shape index (κ2) is 14.2. The fourth-order valence-electron chi connectivity index (χ4n) is 7.66. The molecule has 0 N–H and O–H groups in total. The van der Waals surface area contributed by atoms with E-state index in [1.165, 1.54) is 39.5 Å². The molecule has 6 rings (SSSR count). The number of carbonyl (C=O) groups is 1. The van der Waals surface area contributed by atoms with Crippen molar-refractivity contribution in [3.63, 3.8) is 0 Å². The van der Waals surface area contributed by atoms with E-state index in [1.54, 1.807) is 0 Å². The van der Waals surface area contributed by atoms with Crippen LogP contribution in [0.1, 0.15) is 84.3 Å². The second-order valence-corrected chi connectivity index (χ2v) is 14.6. The lowest BCUT2D eigenvalue weighted by molar-refractivity contribution is -0.433. The Morgan fingerprint density at radius 2 is 1.62 bits per heavy atom. The molecular formula is C43H48ClN2O2+. The molecule has 0 bridgehead atoms. The van der Waals surface area contributed by atoms with Crippen LogP contribution in [-0.4, -0.2) is 29.3 Å². The second-order valence-electron chi connectivity index (χ2n) is 14.2. The Kier molecular flexibility index (Phi) is 9.97. The van der Waals surface area contributed by atoms with Gasteiger partial charge >= 0.3 is 5.97 Å². The minimum Gasteiger partial charge on any atom is -0.427 e. The molecule has 248 valence electrons. The smallest absolute Gasteiger partial charge is 0.311 e. The molecule has 2 aliphatic heterocycles. The van der Waals surface area contributed by atoms with Crippen LogP contribution in [0, 0.1) is 5.92 Å². The number of unbranched alkanes of at least 4 members (excludes halogenated alkanes) is 2. The van der Waals surface area contributed by atoms with Gasteiger partial charge in [-0.15, -0.1) is 5.73 Å². The van der Waals surface area contributed by atoms with Gasteiger partial charge in [-0.3, -0.25) is 4.79 Å². The van der Waals surface area contributed by atoms with Crippen LogP contribution in [0.3, 0.4) is 0 Å². The number of ether oxygens (including phenoxy) is 1. The van der Waals surface area contributed by atoms with E-state index < -0.39 is 0 Å². The van der Waals surface area contributed by atoms with Gasteiger partial charge in [-0.2, -0.15) is 4.58 Å². The molecule has 0 saturated heterocycles. The lowest BCUT2D eigenvalue weighted by Crippen LogP contribution is -2.27. The molecule has 2 heterocycles. The van der Waals surface area contributed by atoms with Crippen LogP contribution < -0.4 is 9.64 Å². The highest BCUT2D eigenvalue weighted by Crippen LogP contribution is 2.48. The lowest BCUT2D eigenvalue weighted by atomic mass is 9.81. The number of fused-ring (bicyclic) bond motifs is 2. The number of esters is 1. The summed E-state index contributed by atoms with van der Waals surface area (Å²) in [6.45, 7) is 13.2. The molecule has 5 heteroatoms. The fourth-order valence-corrected chi connectivity index (χ4v) is 7.99. The molecule has 1 aliphatic carbocycles. The Balaban J connectivity index is 1.16. The molecule has 3 aromatic carbocycles. The van der Waals surface area contributed by atoms with E-state index in [0.29, 0.717) is 12.2 Å². The number of benzene rings is 3. The van der Waals surface area contributed by atoms with E-state index in [2.05, 4.69) is 117 Å². The molecule has 1 unspecified atom stereocenters. The summed E-state index contributed by atoms with van der Waals surface area (Å²) >= 11 is 7.11. The van der Waals surface area contributed by atoms with Gasteiger partial charge in [0.15, 0.2) is 5.71 Å². The summed E-state index contributed by atoms with van der Waals surface area (Å²) in [5.41, 5.74) is 12.5. The van der Waals surface area contributed by atoms with Crippen LogP contribution in [0.2, 0.25) is 0 Å². The van der Waals surface area contributed by atoms with Crippen molar-refractivity contribution in [2.24, 2.45) is 5.92 Å². The summed E-state index contributed by atoms with van der Waals surface area (Å²) in [5, 5.41) is 0.929. The number of carbonyl (C=O) groups excluding carboxylic acids is 1. The SMILES string of the molecule is CC[N+]1=C(/C=C/C2=C(Cl)C(C=C=C3N(CCCCCC(=O)Oc4ccccc4)c4ccccc4C3(C)C)CC2)C(C)(C)c2ccccc21. The van der Waals surface area contributed by atoms with Crippen molar-refractivity contribution in [3.05, 3.63) is 130 Å². The number of hydrogen-bond acceptors (Lipinski definition) is 3. The van der Waals surface area contributed by atoms with E-state index in [9.17, 15) is 4.79 Å². The highest BCUT2D eigenvalue weighted by Gasteiger charge is 2.43. The average molecular weight is 660 g/mol. The van der Waals surface area contributed by atoms with E-state index in [4.69, 9.17) is 16.3 Å². The van der Waals surface area contributed by atoms with Crippen molar-refractivity contribution < 1.29 is 14.1 Å². The lowest BCUT2D eigenvalue weighted by Gasteiger charge is -2.25. The summed E-state index contributed by atoms with van der Waals surface area (Å²) in [6, 6.07) is 26.7. The van der Waals surface area contributed by atoms with Gasteiger partial charge < -0.3 is 9.64 Å². The maximum atomic E-state index is 12.3. The van der Waals surface area contributed by atoms with E-state index in [0.717, 1.165) is 50.2 Å². The quantitative estimate of drug-likeness (QED) is 0.0675. The average Bonchev–Trinajstić information content (AvgIpc) is 3.62. The monoisotopic (exact) mass is 659 g/mol. The first kappa shape index (κ1) is 33.8. The zero-order valence-corrected chi connectivity index (χ0v) is 29.8. The first-order valence-corrected chi connectivity index (χ1v) is 17.9. The Labute approximate surface area is 291 Å². The maximum Gasteiger partial charge on any atom is 0.311 e. The molecule has 3 aromatic rings. The van der Waals surface area contributed by atoms with E-state index in [1.807, 2.05) is 30.3 Å². The Morgan fingerprint density at radius 1 is 0.917 bits per heavy atom. The Bertz CT molecular complexity index is 1840. The first-order valence-electron chi connectivity index (χ1n) is 17.5. The van der Waals surface area contributed by atoms with Gasteiger partial charge in [0.05, 0.1) is 11.1 Å². The third-order valence-corrected chi connectivity index (χ3v) is 10.8. The van der Waals surface area contributed by atoms with Crippen LogP contribution in [-0.2, 0) is 15.6 Å². The van der Waals surface area contributed by atoms with Crippen molar-refractivity contribution in [1.29, 1.82) is 0 Å². The summed E-state index contributed by atoms with van der Waals surface area (Å²) in [6.07, 6.45) is 11.9. The number of nitrogens with zero attached hydrogens (tertiary/aromatic N) is 2. The molecule has 3 aliphatic rings. The third kappa shape index (κ3) is 6.62. The first-order chi connectivity index (χ1) is 23.1. The van der Waals surface area contributed by atoms with E-state index in [-0.39, 0.29) is 22.7 Å². The summed E-state index contributed by atoms with van der Waals surface area (Å²) in [7, 11) is 0. The van der Waals surface area contributed by atoms with Crippen molar-refractivity contribution in [3.8, 4) is 5.75 Å². The zero-order chi connectivity index (χ0) is 33.9. The molecule has 0 spiro atoms. The number of rotatable bonds is 11. The fraction of sp³-hybridized carbons (Fsp3) is 0.372. The van der Waals surface area contributed by atoms with Crippen LogP contribution in [0.15, 0.2) is 119 Å². The van der Waals surface area contributed by atoms with Crippen LogP contribution >= 0.6 is 11.6 Å². The van der Waals surface area contributed by atoms with Crippen molar-refractivity contribution in [2.45, 2.75) is 84.0 Å². The third-order valence-electron chi connectivity index (χ3n) is 10.3. The molecule has 0 saturated carbocycles. The largest absolute Gasteiger partial charge is 0.427 e. The minimum absolute atomic E-state index is 0.0591. The molecule has 1 atom stereocenters. The standard InChI is InChI=1S/C43H48ClN2O2/c1-6-45-36-21-14-12-19-34(36)42(2,3)38(45)28-26-31-24-25-32(41(31)44)27-29-39-43(4,5)35-20-13-15-22-37(35)46(39)30-16-8-11-23-40(47)48-33-17-9-7-10-18-33/h7,9-10,12-15,17-22,26-28,32H,6,8,11,16,23-25,30H2,1-5H3/q+1/b28-26+. The van der Waals surface area contributed by atoms with Gasteiger partial charge in [0.25, 0.3) is 0 Å². The number of hydrogen-bond donors (Lipinski definition) is 0. The minimum atomic E-state index is -0.175. The van der Waals surface area contributed by atoms with Crippen LogP contribution in [0.4, 0.5) is 11.4 Å². The van der Waals surface area contributed by atoms with E-state index >= 15 is 0 Å². The highest BCUT2D eigenvalue weighted by atomic mass is 35.5. The topological polar surface area (TPSA) is 32.5 Å². The van der Waals surface area contributed by atoms with Crippen molar-refractivity contribution >= 4 is 34.7 Å². The Hall–Kier alpha value is -4.11. The molecule has 0 fully saturated rings. The van der Waals surface area contributed by atoms with Gasteiger partial charge in [0, 0.05) is 52.7 Å². The molecule has 0 aromatic heterocycles. The molecular weight excluding hydrogens is 612 g/mol. The molecule has 48 heavy (non-hydrogen) atoms. The van der Waals surface area contributed by atoms with Gasteiger partial charge in [-0.1, -0.05) is 78.7 Å². The van der Waals surface area contributed by atoms with Gasteiger partial charge in [-0.05, 0) is 95.7 Å². The maximum absolute atomic E-state index is 12.3. The van der Waals surface area contributed by atoms with Gasteiger partial charge in [0.1, 0.15) is 12.3 Å². The van der Waals surface area contributed by atoms with Crippen molar-refractivity contribution in [1.82, 2.24) is 0 Å². The molecule has 0 amide bonds. The van der Waals surface area contributed by atoms with Gasteiger partial charge in [-0.25, -0.2) is 0 Å². The number of anilines is 1. The van der Waals surface area contributed by atoms with Crippen molar-refractivity contribution in [2.75, 3.05) is 18.0 Å². The summed E-state index contributed by atoms with van der Waals surface area (Å²) in [5.74, 6) is 0.578. The highest BCUT2D eigenvalue weighted by molar-refractivity contribution is 6.30. The molecule has 4 nitrogen and oxygen atoms in total. The van der Waals surface area contributed by atoms with Crippen LogP contribution in [0.25, 0.3) is 0 Å². The number of allylic oxidation sites excluding steroid dienone is 5. The summed E-state index contributed by atoms with van der Waals surface area (Å²) in [4.78, 5) is 14.8. The normalized spacial score (nSPS) is 19.2. The summed E-state index contributed by atoms with van der Waals surface area (Å²) < 4.78 is 7.90. The Morgan fingerprint density at radius 3 is 2.40 bits per heavy atom. The number of halogens is 1. The predicted molar refractivity (Wildman–Crippen MR) is 199 cm³/mol. The van der Waals surface area contributed by atoms with Crippen LogP contribution in [0.5, 0.6) is 5.75 Å². The predicted octanol–water partition coefficient (Wildman–Crippen LogP) is 10.5. The zero-order valence-electron chi connectivity index (χ0n) is 29.1. The molecule has 0 radical (unpaired) electrons.